The Balaban J connectivity index is 2.59. The number of hydrogen-bond donors (Lipinski definition) is 3. The first-order valence-corrected chi connectivity index (χ1v) is 15.2. The molecule has 242 valence electrons. The second-order valence-electron chi connectivity index (χ2n) is 12.1. The highest BCUT2D eigenvalue weighted by molar-refractivity contribution is 5.93. The van der Waals surface area contributed by atoms with E-state index in [1.165, 1.54) is 24.1 Å². The molecule has 0 heterocycles. The topological polar surface area (TPSA) is 134 Å². The maximum Gasteiger partial charge on any atom is 0.408 e. The molecule has 0 aliphatic rings. The summed E-state index contributed by atoms with van der Waals surface area (Å²) >= 11 is 0. The van der Waals surface area contributed by atoms with Crippen molar-refractivity contribution in [3.63, 3.8) is 0 Å². The number of unbranched alkanes of at least 4 members (excludes halogenated alkanes) is 4. The summed E-state index contributed by atoms with van der Waals surface area (Å²) in [5.41, 5.74) is 2.44. The summed E-state index contributed by atoms with van der Waals surface area (Å²) < 4.78 is 10.2. The third-order valence-corrected chi connectivity index (χ3v) is 7.19. The van der Waals surface area contributed by atoms with Gasteiger partial charge in [-0.05, 0) is 75.4 Å². The van der Waals surface area contributed by atoms with Gasteiger partial charge in [-0.3, -0.25) is 14.4 Å². The zero-order valence-corrected chi connectivity index (χ0v) is 27.2. The molecule has 0 aliphatic heterocycles. The predicted molar refractivity (Wildman–Crippen MR) is 169 cm³/mol. The summed E-state index contributed by atoms with van der Waals surface area (Å²) in [5, 5.41) is 15.2. The average Bonchev–Trinajstić information content (AvgIpc) is 2.96. The van der Waals surface area contributed by atoms with E-state index in [-0.39, 0.29) is 25.3 Å². The number of carbonyl (C=O) groups is 4. The molecule has 0 radical (unpaired) electrons. The Kier molecular flexibility index (Phi) is 14.2. The van der Waals surface area contributed by atoms with Crippen LogP contribution in [0.15, 0.2) is 42.5 Å². The van der Waals surface area contributed by atoms with E-state index in [1.54, 1.807) is 39.0 Å². The van der Waals surface area contributed by atoms with Gasteiger partial charge in [-0.2, -0.15) is 0 Å². The van der Waals surface area contributed by atoms with Crippen molar-refractivity contribution in [1.29, 1.82) is 0 Å². The van der Waals surface area contributed by atoms with Crippen LogP contribution in [0.1, 0.15) is 88.1 Å². The maximum atomic E-state index is 14.5. The second kappa shape index (κ2) is 17.3. The lowest BCUT2D eigenvalue weighted by Crippen LogP contribution is -2.54. The quantitative estimate of drug-likeness (QED) is 0.184. The normalized spacial score (nSPS) is 12.5. The minimum absolute atomic E-state index is 0.0718. The molecule has 0 spiro atoms. The zero-order valence-electron chi connectivity index (χ0n) is 27.2. The number of phenolic OH excluding ortho intramolecular Hbond substituents is 1. The van der Waals surface area contributed by atoms with Gasteiger partial charge in [0.2, 0.25) is 11.8 Å². The van der Waals surface area contributed by atoms with E-state index in [2.05, 4.69) is 17.6 Å². The Bertz CT molecular complexity index is 1250. The summed E-state index contributed by atoms with van der Waals surface area (Å²) in [6, 6.07) is 9.75. The highest BCUT2D eigenvalue weighted by atomic mass is 16.6. The van der Waals surface area contributed by atoms with Gasteiger partial charge < -0.3 is 30.1 Å². The van der Waals surface area contributed by atoms with Crippen LogP contribution in [0.5, 0.6) is 5.75 Å². The molecule has 0 bridgehead atoms. The van der Waals surface area contributed by atoms with Crippen molar-refractivity contribution >= 4 is 23.9 Å². The van der Waals surface area contributed by atoms with Gasteiger partial charge in [0.1, 0.15) is 30.0 Å². The molecule has 0 aromatic heterocycles. The molecule has 2 unspecified atom stereocenters. The highest BCUT2D eigenvalue weighted by Gasteiger charge is 2.36. The van der Waals surface area contributed by atoms with Crippen molar-refractivity contribution < 1.29 is 33.8 Å². The van der Waals surface area contributed by atoms with Gasteiger partial charge in [0.15, 0.2) is 0 Å². The van der Waals surface area contributed by atoms with Gasteiger partial charge in [0, 0.05) is 13.0 Å². The molecule has 44 heavy (non-hydrogen) atoms. The molecule has 2 rings (SSSR count). The first-order valence-electron chi connectivity index (χ1n) is 15.2. The minimum atomic E-state index is -1.09. The number of rotatable bonds is 15. The van der Waals surface area contributed by atoms with Crippen LogP contribution in [0.4, 0.5) is 4.79 Å². The van der Waals surface area contributed by atoms with Crippen LogP contribution in [-0.4, -0.2) is 65.7 Å². The van der Waals surface area contributed by atoms with E-state index in [0.717, 1.165) is 36.8 Å². The summed E-state index contributed by atoms with van der Waals surface area (Å²) in [7, 11) is 1.23. The van der Waals surface area contributed by atoms with Crippen LogP contribution < -0.4 is 10.6 Å². The fraction of sp³-hybridized carbons (Fsp3) is 0.529. The molecule has 10 heteroatoms. The number of benzene rings is 2. The minimum Gasteiger partial charge on any atom is -0.508 e. The summed E-state index contributed by atoms with van der Waals surface area (Å²) in [6.07, 6.45) is 3.90. The molecule has 2 aromatic rings. The van der Waals surface area contributed by atoms with Gasteiger partial charge >= 0.3 is 12.1 Å². The van der Waals surface area contributed by atoms with Crippen LogP contribution in [0.3, 0.4) is 0 Å². The van der Waals surface area contributed by atoms with E-state index in [4.69, 9.17) is 9.47 Å². The Labute approximate surface area is 261 Å². The Hall–Kier alpha value is -4.08. The van der Waals surface area contributed by atoms with E-state index >= 15 is 0 Å². The molecule has 2 atom stereocenters. The van der Waals surface area contributed by atoms with Crippen molar-refractivity contribution in [2.75, 3.05) is 20.2 Å². The first kappa shape index (κ1) is 36.1. The number of phenols is 1. The number of hydrogen-bond acceptors (Lipinski definition) is 7. The maximum absolute atomic E-state index is 14.5. The Morgan fingerprint density at radius 2 is 1.59 bits per heavy atom. The summed E-state index contributed by atoms with van der Waals surface area (Å²) in [4.78, 5) is 54.7. The molecule has 0 fully saturated rings. The van der Waals surface area contributed by atoms with Crippen molar-refractivity contribution in [3.8, 4) is 5.75 Å². The number of nitrogens with one attached hydrogen (secondary N) is 2. The molecule has 3 amide bonds. The van der Waals surface area contributed by atoms with Gasteiger partial charge in [0.25, 0.3) is 0 Å². The van der Waals surface area contributed by atoms with Crippen molar-refractivity contribution in [3.05, 3.63) is 64.7 Å². The van der Waals surface area contributed by atoms with E-state index in [9.17, 15) is 24.3 Å². The molecule has 0 saturated carbocycles. The van der Waals surface area contributed by atoms with E-state index in [0.29, 0.717) is 17.5 Å². The molecule has 2 aromatic carbocycles. The number of ether oxygens (including phenoxy) is 2. The highest BCUT2D eigenvalue weighted by Crippen LogP contribution is 2.26. The van der Waals surface area contributed by atoms with Gasteiger partial charge in [0.05, 0.1) is 7.11 Å². The lowest BCUT2D eigenvalue weighted by atomic mass is 9.97. The van der Waals surface area contributed by atoms with Crippen molar-refractivity contribution in [2.45, 2.75) is 97.8 Å². The third-order valence-electron chi connectivity index (χ3n) is 7.19. The zero-order chi connectivity index (χ0) is 32.9. The van der Waals surface area contributed by atoms with Crippen LogP contribution >= 0.6 is 0 Å². The second-order valence-corrected chi connectivity index (χ2v) is 12.1. The van der Waals surface area contributed by atoms with Gasteiger partial charge in [-0.1, -0.05) is 62.9 Å². The molecule has 3 N–H and O–H groups in total. The monoisotopic (exact) mass is 611 g/mol. The van der Waals surface area contributed by atoms with E-state index < -0.39 is 41.6 Å². The number of alkyl carbamates (subject to hydrolysis) is 1. The van der Waals surface area contributed by atoms with Gasteiger partial charge in [-0.25, -0.2) is 4.79 Å². The van der Waals surface area contributed by atoms with Crippen LogP contribution in [0.2, 0.25) is 0 Å². The van der Waals surface area contributed by atoms with Gasteiger partial charge in [-0.15, -0.1) is 0 Å². The number of aromatic hydroxyl groups is 1. The SMILES string of the molecule is CCCCCCCN(C(=O)C(Cc1ccc(O)cc1)NC(=O)OC(C)(C)C)C(C(=O)NCC(=O)OC)c1ccc(C)c(C)c1. The third kappa shape index (κ3) is 11.9. The van der Waals surface area contributed by atoms with E-state index in [1.807, 2.05) is 26.0 Å². The number of aryl methyl sites for hydroxylation is 2. The standard InChI is InChI=1S/C34H49N3O7/c1-8-9-10-11-12-19-37(30(31(40)35-22-29(39)43-7)26-16-13-23(2)24(3)20-26)32(41)28(36-33(42)44-34(4,5)6)21-25-14-17-27(38)18-15-25/h13-18,20,28,30,38H,8-12,19,21-22H2,1-7H3,(H,35,40)(H,36,42). The first-order chi connectivity index (χ1) is 20.7. The van der Waals surface area contributed by atoms with Crippen LogP contribution in [0, 0.1) is 13.8 Å². The molecule has 0 saturated heterocycles. The molecule has 0 aliphatic carbocycles. The summed E-state index contributed by atoms with van der Waals surface area (Å²) in [6.45, 7) is 11.1. The Morgan fingerprint density at radius 3 is 2.18 bits per heavy atom. The number of amides is 3. The lowest BCUT2D eigenvalue weighted by Gasteiger charge is -2.35. The predicted octanol–water partition coefficient (Wildman–Crippen LogP) is 5.27. The molecular formula is C34H49N3O7. The number of nitrogens with zero attached hydrogens (tertiary/aromatic N) is 1. The van der Waals surface area contributed by atoms with Crippen molar-refractivity contribution in [2.24, 2.45) is 0 Å². The lowest BCUT2D eigenvalue weighted by molar-refractivity contribution is -0.144. The largest absolute Gasteiger partial charge is 0.508 e. The number of carbonyl (C=O) groups excluding carboxylic acids is 4. The van der Waals surface area contributed by atoms with Crippen LogP contribution in [0.25, 0.3) is 0 Å². The molecular weight excluding hydrogens is 562 g/mol. The van der Waals surface area contributed by atoms with Crippen LogP contribution in [-0.2, 0) is 30.3 Å². The smallest absolute Gasteiger partial charge is 0.408 e. The fourth-order valence-corrected chi connectivity index (χ4v) is 4.71. The molecule has 10 nitrogen and oxygen atoms in total. The fourth-order valence-electron chi connectivity index (χ4n) is 4.71. The van der Waals surface area contributed by atoms with Crippen molar-refractivity contribution in [1.82, 2.24) is 15.5 Å². The number of esters is 1. The summed E-state index contributed by atoms with van der Waals surface area (Å²) in [5.74, 6) is -1.56. The Morgan fingerprint density at radius 1 is 0.932 bits per heavy atom. The average molecular weight is 612 g/mol. The number of methoxy groups -OCH3 is 1.